The zero-order chi connectivity index (χ0) is 27.2. The van der Waals surface area contributed by atoms with Crippen LogP contribution in [-0.2, 0) is 22.6 Å². The summed E-state index contributed by atoms with van der Waals surface area (Å²) in [4.78, 5) is 30.5. The maximum Gasteiger partial charge on any atom is 0.318 e. The largest absolute Gasteiger partial charge is 0.382 e. The minimum atomic E-state index is -0.129. The Bertz CT molecular complexity index is 972. The van der Waals surface area contributed by atoms with Gasteiger partial charge in [0.15, 0.2) is 0 Å². The molecule has 1 aliphatic rings. The Hall–Kier alpha value is -2.32. The van der Waals surface area contributed by atoms with E-state index in [2.05, 4.69) is 57.1 Å². The number of carbonyl (C=O) groups is 2. The Labute approximate surface area is 237 Å². The van der Waals surface area contributed by atoms with Gasteiger partial charge < -0.3 is 24.4 Å². The lowest BCUT2D eigenvalue weighted by Crippen LogP contribution is -2.50. The van der Waals surface area contributed by atoms with Crippen molar-refractivity contribution in [2.75, 3.05) is 32.8 Å². The molecule has 1 N–H and O–H groups in total. The van der Waals surface area contributed by atoms with Crippen LogP contribution in [-0.4, -0.2) is 65.2 Å². The van der Waals surface area contributed by atoms with Crippen molar-refractivity contribution in [3.05, 3.63) is 58.3 Å². The van der Waals surface area contributed by atoms with Crippen LogP contribution in [0, 0.1) is 0 Å². The molecule has 0 bridgehead atoms. The highest BCUT2D eigenvalue weighted by Crippen LogP contribution is 2.18. The Balaban J connectivity index is 1.67. The number of carbonyl (C=O) groups excluding carboxylic acids is 2. The fourth-order valence-electron chi connectivity index (χ4n) is 4.90. The second-order valence-electron chi connectivity index (χ2n) is 10.2. The maximum atomic E-state index is 13.6. The number of urea groups is 1. The molecule has 210 valence electrons. The minimum absolute atomic E-state index is 0.00922. The van der Waals surface area contributed by atoms with Gasteiger partial charge in [-0.2, -0.15) is 0 Å². The van der Waals surface area contributed by atoms with Gasteiger partial charge in [-0.1, -0.05) is 60.7 Å². The molecule has 1 aliphatic carbocycles. The summed E-state index contributed by atoms with van der Waals surface area (Å²) in [6.07, 6.45) is 10.3. The second kappa shape index (κ2) is 16.6. The van der Waals surface area contributed by atoms with Gasteiger partial charge in [0.1, 0.15) is 6.54 Å². The first-order chi connectivity index (χ1) is 18.5. The summed E-state index contributed by atoms with van der Waals surface area (Å²) in [5.74, 6) is -0.00922. The highest BCUT2D eigenvalue weighted by Gasteiger charge is 2.24. The molecular weight excluding hydrogens is 544 g/mol. The van der Waals surface area contributed by atoms with Crippen LogP contribution in [0.15, 0.2) is 47.1 Å². The zero-order valence-electron chi connectivity index (χ0n) is 23.2. The van der Waals surface area contributed by atoms with Gasteiger partial charge in [-0.25, -0.2) is 4.79 Å². The molecule has 1 heterocycles. The monoisotopic (exact) mass is 588 g/mol. The summed E-state index contributed by atoms with van der Waals surface area (Å²) in [7, 11) is 0. The van der Waals surface area contributed by atoms with Gasteiger partial charge in [0.25, 0.3) is 0 Å². The quantitative estimate of drug-likeness (QED) is 0.252. The molecular formula is C30H45BrN4O3. The van der Waals surface area contributed by atoms with Gasteiger partial charge in [-0.05, 0) is 62.4 Å². The molecule has 3 amide bonds. The number of nitrogens with one attached hydrogen (secondary N) is 1. The molecule has 0 radical (unpaired) electrons. The van der Waals surface area contributed by atoms with E-state index in [-0.39, 0.29) is 24.5 Å². The maximum absolute atomic E-state index is 13.6. The Morgan fingerprint density at radius 1 is 1.03 bits per heavy atom. The number of hydrogen-bond acceptors (Lipinski definition) is 3. The first-order valence-corrected chi connectivity index (χ1v) is 15.1. The summed E-state index contributed by atoms with van der Waals surface area (Å²) in [6, 6.07) is 12.5. The van der Waals surface area contributed by atoms with Crippen molar-refractivity contribution in [2.45, 2.75) is 84.3 Å². The van der Waals surface area contributed by atoms with Gasteiger partial charge in [-0.15, -0.1) is 0 Å². The fraction of sp³-hybridized carbons (Fsp3) is 0.600. The third-order valence-corrected chi connectivity index (χ3v) is 7.67. The summed E-state index contributed by atoms with van der Waals surface area (Å²) in [6.45, 7) is 7.88. The average Bonchev–Trinajstić information content (AvgIpc) is 3.36. The fourth-order valence-corrected chi connectivity index (χ4v) is 5.16. The average molecular weight is 590 g/mol. The van der Waals surface area contributed by atoms with E-state index in [1.165, 1.54) is 12.0 Å². The molecule has 1 aromatic carbocycles. The molecule has 0 saturated heterocycles. The molecule has 7 nitrogen and oxygen atoms in total. The van der Waals surface area contributed by atoms with Crippen LogP contribution < -0.4 is 5.32 Å². The first-order valence-electron chi connectivity index (χ1n) is 14.3. The van der Waals surface area contributed by atoms with Gasteiger partial charge in [0.05, 0.1) is 6.54 Å². The van der Waals surface area contributed by atoms with Gasteiger partial charge in [0.2, 0.25) is 5.91 Å². The second-order valence-corrected chi connectivity index (χ2v) is 11.1. The summed E-state index contributed by atoms with van der Waals surface area (Å²) in [5, 5.41) is 3.20. The third kappa shape index (κ3) is 10.1. The topological polar surface area (TPSA) is 66.8 Å². The smallest absolute Gasteiger partial charge is 0.318 e. The van der Waals surface area contributed by atoms with Crippen LogP contribution >= 0.6 is 15.9 Å². The van der Waals surface area contributed by atoms with E-state index in [0.717, 1.165) is 55.2 Å². The van der Waals surface area contributed by atoms with E-state index in [4.69, 9.17) is 4.74 Å². The molecule has 1 aromatic heterocycles. The Morgan fingerprint density at radius 2 is 1.76 bits per heavy atom. The van der Waals surface area contributed by atoms with Crippen LogP contribution in [0.3, 0.4) is 0 Å². The number of unbranched alkanes of at least 4 members (excludes halogenated alkanes) is 1. The molecule has 0 aliphatic heterocycles. The van der Waals surface area contributed by atoms with Crippen LogP contribution in [0.1, 0.15) is 76.5 Å². The molecule has 1 saturated carbocycles. The minimum Gasteiger partial charge on any atom is -0.382 e. The molecule has 38 heavy (non-hydrogen) atoms. The lowest BCUT2D eigenvalue weighted by Gasteiger charge is -2.30. The molecule has 3 rings (SSSR count). The highest BCUT2D eigenvalue weighted by molar-refractivity contribution is 9.10. The third-order valence-electron chi connectivity index (χ3n) is 7.14. The lowest BCUT2D eigenvalue weighted by atomic mass is 9.96. The van der Waals surface area contributed by atoms with E-state index in [1.54, 1.807) is 4.90 Å². The van der Waals surface area contributed by atoms with Crippen LogP contribution in [0.25, 0.3) is 0 Å². The number of halogens is 1. The number of rotatable bonds is 15. The molecule has 1 fully saturated rings. The van der Waals surface area contributed by atoms with E-state index in [9.17, 15) is 9.59 Å². The summed E-state index contributed by atoms with van der Waals surface area (Å²) < 4.78 is 8.76. The van der Waals surface area contributed by atoms with Gasteiger partial charge >= 0.3 is 6.03 Å². The van der Waals surface area contributed by atoms with Crippen molar-refractivity contribution >= 4 is 27.9 Å². The first kappa shape index (κ1) is 30.2. The molecule has 8 heteroatoms. The summed E-state index contributed by atoms with van der Waals surface area (Å²) >= 11 is 3.50. The lowest BCUT2D eigenvalue weighted by molar-refractivity contribution is -0.132. The highest BCUT2D eigenvalue weighted by atomic mass is 79.9. The number of ether oxygens (including phenoxy) is 1. The Kier molecular flexibility index (Phi) is 13.2. The van der Waals surface area contributed by atoms with Crippen molar-refractivity contribution in [1.29, 1.82) is 0 Å². The molecule has 0 unspecified atom stereocenters. The van der Waals surface area contributed by atoms with Gasteiger partial charge in [-0.3, -0.25) is 4.79 Å². The zero-order valence-corrected chi connectivity index (χ0v) is 24.8. The van der Waals surface area contributed by atoms with E-state index in [1.807, 2.05) is 30.0 Å². The number of amides is 3. The molecule has 2 aromatic rings. The van der Waals surface area contributed by atoms with Crippen LogP contribution in [0.5, 0.6) is 0 Å². The van der Waals surface area contributed by atoms with Crippen molar-refractivity contribution in [2.24, 2.45) is 0 Å². The Morgan fingerprint density at radius 3 is 2.47 bits per heavy atom. The van der Waals surface area contributed by atoms with Crippen molar-refractivity contribution in [3.63, 3.8) is 0 Å². The predicted molar refractivity (Wildman–Crippen MR) is 156 cm³/mol. The van der Waals surface area contributed by atoms with Gasteiger partial charge in [0, 0.05) is 55.3 Å². The normalized spacial score (nSPS) is 13.9. The number of nitrogens with zero attached hydrogens (tertiary/aromatic N) is 3. The van der Waals surface area contributed by atoms with Crippen molar-refractivity contribution in [3.8, 4) is 0 Å². The number of hydrogen-bond donors (Lipinski definition) is 1. The predicted octanol–water partition coefficient (Wildman–Crippen LogP) is 6.20. The standard InChI is InChI=1S/C30H45BrN4O3/c1-3-5-18-34(23-28-13-9-19-33(28)22-25-14-16-26(31)17-15-25)29(36)24-35(20-10-21-38-4-2)30(37)32-27-11-7-6-8-12-27/h9,13-17,19,27H,3-8,10-12,18,20-24H2,1-2H3,(H,32,37). The van der Waals surface area contributed by atoms with Crippen LogP contribution in [0.4, 0.5) is 4.79 Å². The summed E-state index contributed by atoms with van der Waals surface area (Å²) in [5.41, 5.74) is 2.30. The van der Waals surface area contributed by atoms with Crippen molar-refractivity contribution in [1.82, 2.24) is 19.7 Å². The van der Waals surface area contributed by atoms with E-state index >= 15 is 0 Å². The number of benzene rings is 1. The SMILES string of the molecule is CCCCN(Cc1cccn1Cc1ccc(Br)cc1)C(=O)CN(CCCOCC)C(=O)NC1CCCCC1. The van der Waals surface area contributed by atoms with Crippen molar-refractivity contribution < 1.29 is 14.3 Å². The van der Waals surface area contributed by atoms with E-state index < -0.39 is 0 Å². The molecule has 0 spiro atoms. The number of aromatic nitrogens is 1. The van der Waals surface area contributed by atoms with E-state index in [0.29, 0.717) is 39.3 Å². The molecule has 0 atom stereocenters. The van der Waals surface area contributed by atoms with Crippen LogP contribution in [0.2, 0.25) is 0 Å².